The van der Waals surface area contributed by atoms with Gasteiger partial charge in [0.1, 0.15) is 17.8 Å². The number of esters is 1. The monoisotopic (exact) mass is 782 g/mol. The number of rotatable bonds is 15. The van der Waals surface area contributed by atoms with Gasteiger partial charge in [0.2, 0.25) is 5.88 Å². The number of piperazine rings is 1. The Kier molecular flexibility index (Phi) is 11.6. The minimum Gasteiger partial charge on any atom is -0.507 e. The molecule has 1 aliphatic carbocycles. The Morgan fingerprint density at radius 2 is 1.74 bits per heavy atom. The number of aromatic hydroxyl groups is 1. The van der Waals surface area contributed by atoms with Crippen LogP contribution in [0.1, 0.15) is 70.5 Å². The number of anilines is 3. The summed E-state index contributed by atoms with van der Waals surface area (Å²) in [6.45, 7) is 8.97. The second kappa shape index (κ2) is 17.1. The molecule has 1 aromatic carbocycles. The largest absolute Gasteiger partial charge is 0.507 e. The summed E-state index contributed by atoms with van der Waals surface area (Å²) >= 11 is 0. The molecule has 6 heterocycles. The van der Waals surface area contributed by atoms with Crippen molar-refractivity contribution in [1.29, 1.82) is 0 Å². The van der Waals surface area contributed by atoms with Crippen LogP contribution in [0.3, 0.4) is 0 Å². The Bertz CT molecular complexity index is 1970. The Hall–Kier alpha value is -5.15. The summed E-state index contributed by atoms with van der Waals surface area (Å²) in [7, 11) is 1.38. The van der Waals surface area contributed by atoms with Gasteiger partial charge in [0, 0.05) is 87.2 Å². The summed E-state index contributed by atoms with van der Waals surface area (Å²) in [4.78, 5) is 24.0. The highest BCUT2D eigenvalue weighted by molar-refractivity contribution is 5.77. The first kappa shape index (κ1) is 38.7. The summed E-state index contributed by atoms with van der Waals surface area (Å²) < 4.78 is 29.0. The zero-order valence-corrected chi connectivity index (χ0v) is 33.0. The lowest BCUT2D eigenvalue weighted by Crippen LogP contribution is -2.54. The van der Waals surface area contributed by atoms with E-state index in [-0.39, 0.29) is 35.9 Å². The molecule has 1 saturated carbocycles. The van der Waals surface area contributed by atoms with Crippen molar-refractivity contribution < 1.29 is 33.4 Å². The summed E-state index contributed by atoms with van der Waals surface area (Å²) in [5.74, 6) is 1.27. The molecule has 8 rings (SSSR count). The van der Waals surface area contributed by atoms with Crippen molar-refractivity contribution in [3.63, 3.8) is 0 Å². The lowest BCUT2D eigenvalue weighted by molar-refractivity contribution is -0.144. The molecule has 3 aromatic heterocycles. The Morgan fingerprint density at radius 1 is 0.965 bits per heavy atom. The van der Waals surface area contributed by atoms with E-state index < -0.39 is 5.92 Å². The molecule has 0 amide bonds. The third-order valence-corrected chi connectivity index (χ3v) is 11.9. The standard InChI is InChI=1S/C42H54N8O7/c1-26(2)40(42(52)53-3)37-23-39(47-57-37)54-18-6-15-48-16-12-30(13-17-48)55-31-20-32(21-31)56-38-19-27(11-14-44-38)50-28-9-10-29(50)25-49(24-28)35-22-34(45-46-41(35)43)33-7-4-5-8-36(33)51/h4-5,7-8,11,14,19,22-23,26,28-32,40,51H,6,9-10,12-13,15-18,20-21,24-25H2,1-3H3,(H2,43,46). The van der Waals surface area contributed by atoms with Crippen molar-refractivity contribution >= 4 is 23.2 Å². The number of para-hydroxylation sites is 1. The number of piperidine rings is 1. The summed E-state index contributed by atoms with van der Waals surface area (Å²) in [6.07, 6.45) is 9.26. The van der Waals surface area contributed by atoms with Crippen molar-refractivity contribution in [1.82, 2.24) is 25.2 Å². The quantitative estimate of drug-likeness (QED) is 0.115. The van der Waals surface area contributed by atoms with Crippen LogP contribution in [-0.2, 0) is 14.3 Å². The van der Waals surface area contributed by atoms with Crippen molar-refractivity contribution in [2.45, 2.75) is 95.1 Å². The van der Waals surface area contributed by atoms with Gasteiger partial charge in [0.15, 0.2) is 11.6 Å². The van der Waals surface area contributed by atoms with Gasteiger partial charge in [-0.1, -0.05) is 26.0 Å². The van der Waals surface area contributed by atoms with E-state index in [4.69, 9.17) is 29.2 Å². The number of carbonyl (C=O) groups is 1. The van der Waals surface area contributed by atoms with Gasteiger partial charge in [0.25, 0.3) is 5.88 Å². The van der Waals surface area contributed by atoms with Crippen LogP contribution in [0.4, 0.5) is 17.2 Å². The molecule has 15 heteroatoms. The van der Waals surface area contributed by atoms with E-state index in [0.717, 1.165) is 89.0 Å². The molecule has 4 fully saturated rings. The maximum Gasteiger partial charge on any atom is 0.316 e. The number of nitrogens with zero attached hydrogens (tertiary/aromatic N) is 7. The zero-order chi connectivity index (χ0) is 39.5. The second-order valence-electron chi connectivity index (χ2n) is 16.1. The predicted octanol–water partition coefficient (Wildman–Crippen LogP) is 5.44. The molecule has 4 aromatic rings. The molecule has 4 aliphatic rings. The number of phenols is 1. The van der Waals surface area contributed by atoms with Gasteiger partial charge >= 0.3 is 5.97 Å². The molecule has 0 spiro atoms. The van der Waals surface area contributed by atoms with Crippen molar-refractivity contribution in [3.8, 4) is 28.8 Å². The molecule has 0 radical (unpaired) electrons. The SMILES string of the molecule is COC(=O)C(c1cc(OCCCN2CCC(OC3CC(Oc4cc(N5C6CCC5CN(c5cc(-c7ccccc7O)nnc5N)C6)ccn4)C3)CC2)no1)C(C)C. The van der Waals surface area contributed by atoms with Gasteiger partial charge in [-0.05, 0) is 67.4 Å². The van der Waals surface area contributed by atoms with Crippen molar-refractivity contribution in [3.05, 3.63) is 60.5 Å². The number of nitrogen functional groups attached to an aromatic ring is 1. The van der Waals surface area contributed by atoms with Gasteiger partial charge in [-0.15, -0.1) is 10.2 Å². The van der Waals surface area contributed by atoms with E-state index >= 15 is 0 Å². The minimum absolute atomic E-state index is 0.0214. The number of benzene rings is 1. The fourth-order valence-electron chi connectivity index (χ4n) is 8.84. The first-order valence-electron chi connectivity index (χ1n) is 20.3. The van der Waals surface area contributed by atoms with E-state index in [1.165, 1.54) is 7.11 Å². The molecule has 3 atom stereocenters. The van der Waals surface area contributed by atoms with Crippen LogP contribution < -0.4 is 25.0 Å². The number of nitrogens with two attached hydrogens (primary N) is 1. The highest BCUT2D eigenvalue weighted by Gasteiger charge is 2.41. The van der Waals surface area contributed by atoms with Crippen molar-refractivity contribution in [2.24, 2.45) is 5.92 Å². The van der Waals surface area contributed by atoms with E-state index in [2.05, 4.69) is 47.2 Å². The minimum atomic E-state index is -0.502. The van der Waals surface area contributed by atoms with Gasteiger partial charge in [-0.2, -0.15) is 0 Å². The first-order chi connectivity index (χ1) is 27.7. The summed E-state index contributed by atoms with van der Waals surface area (Å²) in [5, 5.41) is 22.9. The summed E-state index contributed by atoms with van der Waals surface area (Å²) in [6, 6.07) is 15.6. The number of hydrogen-bond donors (Lipinski definition) is 2. The molecular weight excluding hydrogens is 729 g/mol. The molecule has 15 nitrogen and oxygen atoms in total. The van der Waals surface area contributed by atoms with Crippen LogP contribution in [0.15, 0.2) is 59.3 Å². The first-order valence-corrected chi connectivity index (χ1v) is 20.3. The molecular formula is C42H54N8O7. The van der Waals surface area contributed by atoms with E-state index in [0.29, 0.717) is 53.3 Å². The number of methoxy groups -OCH3 is 1. The van der Waals surface area contributed by atoms with Crippen LogP contribution >= 0.6 is 0 Å². The molecule has 3 N–H and O–H groups in total. The average Bonchev–Trinajstić information content (AvgIpc) is 3.77. The maximum atomic E-state index is 12.2. The lowest BCUT2D eigenvalue weighted by atomic mass is 9.91. The molecule has 3 unspecified atom stereocenters. The fraction of sp³-hybridized carbons (Fsp3) is 0.548. The number of hydrogen-bond acceptors (Lipinski definition) is 15. The number of pyridine rings is 1. The number of likely N-dealkylation sites (tertiary alicyclic amines) is 1. The maximum absolute atomic E-state index is 12.2. The van der Waals surface area contributed by atoms with Crippen molar-refractivity contribution in [2.75, 3.05) is 62.0 Å². The second-order valence-corrected chi connectivity index (χ2v) is 16.1. The number of carbonyl (C=O) groups excluding carboxylic acids is 1. The topological polar surface area (TPSA) is 175 Å². The van der Waals surface area contributed by atoms with E-state index in [9.17, 15) is 9.90 Å². The Balaban J connectivity index is 0.751. The normalized spacial score (nSPS) is 23.0. The van der Waals surface area contributed by atoms with E-state index in [1.807, 2.05) is 38.2 Å². The third-order valence-electron chi connectivity index (χ3n) is 11.9. The van der Waals surface area contributed by atoms with Crippen LogP contribution in [0.2, 0.25) is 0 Å². The number of ether oxygens (including phenoxy) is 4. The van der Waals surface area contributed by atoms with E-state index in [1.54, 1.807) is 18.2 Å². The smallest absolute Gasteiger partial charge is 0.316 e. The Morgan fingerprint density at radius 3 is 2.47 bits per heavy atom. The molecule has 57 heavy (non-hydrogen) atoms. The molecule has 304 valence electrons. The van der Waals surface area contributed by atoms with Gasteiger partial charge < -0.3 is 49.0 Å². The molecule has 3 aliphatic heterocycles. The van der Waals surface area contributed by atoms with Crippen LogP contribution in [0.25, 0.3) is 11.3 Å². The van der Waals surface area contributed by atoms with Gasteiger partial charge in [-0.25, -0.2) is 4.98 Å². The number of fused-ring (bicyclic) bond motifs is 2. The number of phenolic OH excluding ortho intramolecular Hbond substituents is 1. The lowest BCUT2D eigenvalue weighted by Gasteiger charge is -2.43. The fourth-order valence-corrected chi connectivity index (χ4v) is 8.84. The summed E-state index contributed by atoms with van der Waals surface area (Å²) in [5.41, 5.74) is 9.59. The Labute approximate surface area is 333 Å². The van der Waals surface area contributed by atoms with Crippen LogP contribution in [-0.4, -0.2) is 113 Å². The zero-order valence-electron chi connectivity index (χ0n) is 33.0. The van der Waals surface area contributed by atoms with Crippen LogP contribution in [0.5, 0.6) is 17.5 Å². The third kappa shape index (κ3) is 8.74. The van der Waals surface area contributed by atoms with Crippen LogP contribution in [0, 0.1) is 5.92 Å². The molecule has 2 bridgehead atoms. The van der Waals surface area contributed by atoms with Gasteiger partial charge in [0.05, 0.1) is 37.3 Å². The number of aromatic nitrogens is 4. The average molecular weight is 783 g/mol. The predicted molar refractivity (Wildman–Crippen MR) is 213 cm³/mol. The van der Waals surface area contributed by atoms with Gasteiger partial charge in [-0.3, -0.25) is 4.79 Å². The molecule has 3 saturated heterocycles. The highest BCUT2D eigenvalue weighted by Crippen LogP contribution is 2.40. The highest BCUT2D eigenvalue weighted by atomic mass is 16.5.